The molecule has 0 aromatic carbocycles. The highest BCUT2D eigenvalue weighted by molar-refractivity contribution is 7.10. The van der Waals surface area contributed by atoms with E-state index in [9.17, 15) is 0 Å². The number of amidine groups is 1. The summed E-state index contributed by atoms with van der Waals surface area (Å²) >= 11 is 1.57. The Kier molecular flexibility index (Phi) is 1.47. The van der Waals surface area contributed by atoms with Gasteiger partial charge in [-0.15, -0.1) is 11.3 Å². The summed E-state index contributed by atoms with van der Waals surface area (Å²) in [7, 11) is 0. The first-order valence-electron chi connectivity index (χ1n) is 3.58. The van der Waals surface area contributed by atoms with Crippen molar-refractivity contribution in [2.24, 2.45) is 22.2 Å². The molecule has 1 aliphatic heterocycles. The lowest BCUT2D eigenvalue weighted by molar-refractivity contribution is 0.556. The minimum atomic E-state index is -0.801. The van der Waals surface area contributed by atoms with Crippen LogP contribution in [0.2, 0.25) is 0 Å². The summed E-state index contributed by atoms with van der Waals surface area (Å²) in [6.07, 6.45) is 0. The Labute approximate surface area is 74.1 Å². The Balaban J connectivity index is 2.18. The van der Waals surface area contributed by atoms with E-state index >= 15 is 0 Å². The molecule has 0 amide bonds. The van der Waals surface area contributed by atoms with Crippen molar-refractivity contribution in [1.29, 1.82) is 0 Å². The van der Waals surface area contributed by atoms with Gasteiger partial charge in [0.2, 0.25) is 0 Å². The van der Waals surface area contributed by atoms with Crippen LogP contribution in [0, 0.1) is 0 Å². The van der Waals surface area contributed by atoms with Crippen molar-refractivity contribution in [2.75, 3.05) is 0 Å². The van der Waals surface area contributed by atoms with Crippen molar-refractivity contribution in [3.05, 3.63) is 22.4 Å². The fourth-order valence-electron chi connectivity index (χ4n) is 1.09. The van der Waals surface area contributed by atoms with E-state index < -0.39 is 5.66 Å². The van der Waals surface area contributed by atoms with Crippen molar-refractivity contribution in [3.8, 4) is 0 Å². The molecule has 0 fully saturated rings. The van der Waals surface area contributed by atoms with Gasteiger partial charge in [0.05, 0.1) is 6.04 Å². The van der Waals surface area contributed by atoms with Crippen LogP contribution >= 0.6 is 11.3 Å². The maximum atomic E-state index is 5.86. The Morgan fingerprint density at radius 2 is 2.25 bits per heavy atom. The van der Waals surface area contributed by atoms with Gasteiger partial charge in [-0.2, -0.15) is 0 Å². The molecule has 0 saturated carbocycles. The summed E-state index contributed by atoms with van der Waals surface area (Å²) in [6, 6.07) is 3.57. The smallest absolute Gasteiger partial charge is 0.187 e. The molecule has 0 bridgehead atoms. The molecule has 1 aromatic heterocycles. The van der Waals surface area contributed by atoms with Crippen LogP contribution in [0.1, 0.15) is 10.9 Å². The van der Waals surface area contributed by atoms with Gasteiger partial charge in [-0.05, 0) is 11.4 Å². The highest BCUT2D eigenvalue weighted by Crippen LogP contribution is 2.33. The third kappa shape index (κ3) is 0.945. The van der Waals surface area contributed by atoms with E-state index in [2.05, 4.69) is 4.99 Å². The van der Waals surface area contributed by atoms with Gasteiger partial charge in [0.25, 0.3) is 0 Å². The van der Waals surface area contributed by atoms with E-state index in [1.165, 1.54) is 0 Å². The van der Waals surface area contributed by atoms with Gasteiger partial charge in [-0.3, -0.25) is 5.73 Å². The van der Waals surface area contributed by atoms with Gasteiger partial charge >= 0.3 is 0 Å². The first kappa shape index (κ1) is 7.72. The molecular weight excluding hydrogens is 172 g/mol. The number of hydrogen-bond donors (Lipinski definition) is 3. The first-order valence-corrected chi connectivity index (χ1v) is 4.46. The minimum absolute atomic E-state index is 0.294. The minimum Gasteiger partial charge on any atom is -0.384 e. The van der Waals surface area contributed by atoms with E-state index in [0.717, 1.165) is 4.88 Å². The number of hydrogen-bond acceptors (Lipinski definition) is 5. The average Bonchev–Trinajstić information content (AvgIpc) is 2.59. The Morgan fingerprint density at radius 3 is 2.67 bits per heavy atom. The largest absolute Gasteiger partial charge is 0.384 e. The highest BCUT2D eigenvalue weighted by Gasteiger charge is 2.48. The lowest BCUT2D eigenvalue weighted by Gasteiger charge is -2.15. The molecule has 0 spiro atoms. The fourth-order valence-corrected chi connectivity index (χ4v) is 1.88. The van der Waals surface area contributed by atoms with Crippen LogP contribution in [0.25, 0.3) is 0 Å². The van der Waals surface area contributed by atoms with Crippen molar-refractivity contribution in [3.63, 3.8) is 0 Å². The molecule has 0 saturated heterocycles. The SMILES string of the molecule is NC1=NC1(N)C(N)c1cccs1. The predicted molar refractivity (Wildman–Crippen MR) is 49.8 cm³/mol. The standard InChI is InChI=1S/C7H10N4S/c8-5(4-2-1-3-12-4)7(10)6(9)11-7/h1-3,5H,8,10H2,(H2,9,11). The third-order valence-electron chi connectivity index (χ3n) is 1.99. The maximum Gasteiger partial charge on any atom is 0.187 e. The quantitative estimate of drug-likeness (QED) is 0.590. The van der Waals surface area contributed by atoms with Gasteiger partial charge < -0.3 is 11.5 Å². The lowest BCUT2D eigenvalue weighted by atomic mass is 10.1. The van der Waals surface area contributed by atoms with Crippen LogP contribution in [0.3, 0.4) is 0 Å². The molecule has 2 unspecified atom stereocenters. The molecule has 1 aromatic rings. The molecule has 2 atom stereocenters. The molecule has 0 aliphatic carbocycles. The summed E-state index contributed by atoms with van der Waals surface area (Å²) in [6.45, 7) is 0. The Hall–Kier alpha value is -0.910. The predicted octanol–water partition coefficient (Wildman–Crippen LogP) is -0.226. The summed E-state index contributed by atoms with van der Waals surface area (Å²) in [5.74, 6) is 0.448. The van der Waals surface area contributed by atoms with Gasteiger partial charge in [-0.25, -0.2) is 4.99 Å². The van der Waals surface area contributed by atoms with Gasteiger partial charge in [-0.1, -0.05) is 6.07 Å². The van der Waals surface area contributed by atoms with E-state index in [1.54, 1.807) is 11.3 Å². The number of nitrogens with two attached hydrogens (primary N) is 3. The van der Waals surface area contributed by atoms with Crippen molar-refractivity contribution in [2.45, 2.75) is 11.7 Å². The molecule has 6 N–H and O–H groups in total. The molecule has 1 aliphatic rings. The van der Waals surface area contributed by atoms with E-state index in [-0.39, 0.29) is 6.04 Å². The molecule has 5 heteroatoms. The second-order valence-corrected chi connectivity index (χ2v) is 3.79. The summed E-state index contributed by atoms with van der Waals surface area (Å²) < 4.78 is 0. The topological polar surface area (TPSA) is 90.4 Å². The molecule has 2 rings (SSSR count). The van der Waals surface area contributed by atoms with Crippen LogP contribution in [0.15, 0.2) is 22.5 Å². The van der Waals surface area contributed by atoms with E-state index in [1.807, 2.05) is 17.5 Å². The zero-order chi connectivity index (χ0) is 8.77. The normalized spacial score (nSPS) is 29.7. The number of aliphatic imine (C=N–C) groups is 1. The molecule has 2 heterocycles. The lowest BCUT2D eigenvalue weighted by Crippen LogP contribution is -2.44. The fraction of sp³-hybridized carbons (Fsp3) is 0.286. The molecule has 4 nitrogen and oxygen atoms in total. The van der Waals surface area contributed by atoms with Crippen molar-refractivity contribution < 1.29 is 0 Å². The molecule has 64 valence electrons. The van der Waals surface area contributed by atoms with Gasteiger partial charge in [0, 0.05) is 4.88 Å². The number of nitrogens with zero attached hydrogens (tertiary/aromatic N) is 1. The van der Waals surface area contributed by atoms with E-state index in [0.29, 0.717) is 5.84 Å². The second-order valence-electron chi connectivity index (χ2n) is 2.82. The third-order valence-corrected chi connectivity index (χ3v) is 2.95. The number of thiophene rings is 1. The Bertz CT molecular complexity index is 318. The highest BCUT2D eigenvalue weighted by atomic mass is 32.1. The zero-order valence-corrected chi connectivity index (χ0v) is 7.21. The Morgan fingerprint density at radius 1 is 1.58 bits per heavy atom. The van der Waals surface area contributed by atoms with Crippen LogP contribution in [0.4, 0.5) is 0 Å². The van der Waals surface area contributed by atoms with E-state index in [4.69, 9.17) is 17.2 Å². The second kappa shape index (κ2) is 2.29. The van der Waals surface area contributed by atoms with Gasteiger partial charge in [0.15, 0.2) is 5.66 Å². The molecule has 0 radical (unpaired) electrons. The van der Waals surface area contributed by atoms with Crippen LogP contribution in [-0.2, 0) is 0 Å². The number of rotatable bonds is 2. The summed E-state index contributed by atoms with van der Waals surface area (Å²) in [5.41, 5.74) is 16.3. The average molecular weight is 182 g/mol. The van der Waals surface area contributed by atoms with Gasteiger partial charge in [0.1, 0.15) is 5.84 Å². The first-order chi connectivity index (χ1) is 5.64. The van der Waals surface area contributed by atoms with Crippen LogP contribution in [-0.4, -0.2) is 11.5 Å². The monoisotopic (exact) mass is 182 g/mol. The molecule has 12 heavy (non-hydrogen) atoms. The van der Waals surface area contributed by atoms with Crippen LogP contribution in [0.5, 0.6) is 0 Å². The summed E-state index contributed by atoms with van der Waals surface area (Å²) in [5, 5.41) is 1.96. The summed E-state index contributed by atoms with van der Waals surface area (Å²) in [4.78, 5) is 4.91. The van der Waals surface area contributed by atoms with Crippen molar-refractivity contribution in [1.82, 2.24) is 0 Å². The van der Waals surface area contributed by atoms with Crippen molar-refractivity contribution >= 4 is 17.2 Å². The zero-order valence-electron chi connectivity index (χ0n) is 6.40. The van der Waals surface area contributed by atoms with Crippen LogP contribution < -0.4 is 17.2 Å². The maximum absolute atomic E-state index is 5.86. The molecular formula is C7H10N4S.